The van der Waals surface area contributed by atoms with Crippen molar-refractivity contribution in [3.63, 3.8) is 0 Å². The minimum absolute atomic E-state index is 0.109. The van der Waals surface area contributed by atoms with E-state index in [-0.39, 0.29) is 6.61 Å². The van der Waals surface area contributed by atoms with Crippen LogP contribution >= 0.6 is 0 Å². The quantitative estimate of drug-likeness (QED) is 0.867. The van der Waals surface area contributed by atoms with Crippen molar-refractivity contribution in [1.29, 1.82) is 0 Å². The second-order valence-electron chi connectivity index (χ2n) is 4.84. The van der Waals surface area contributed by atoms with Gasteiger partial charge in [0.25, 0.3) is 0 Å². The Hall–Kier alpha value is -2.02. The van der Waals surface area contributed by atoms with Crippen molar-refractivity contribution in [2.45, 2.75) is 20.0 Å². The lowest BCUT2D eigenvalue weighted by Crippen LogP contribution is -2.16. The molecule has 0 saturated carbocycles. The molecule has 1 aromatic heterocycles. The number of aliphatic hydroxyl groups excluding tert-OH is 1. The number of hydrogen-bond donors (Lipinski definition) is 1. The Morgan fingerprint density at radius 1 is 1.20 bits per heavy atom. The standard InChI is InChI=1S/C17H19NO2/c1-14-8-9-17(20-14)13-18(2)12-16-6-3-5-15(11-16)7-4-10-19/h3,5-6,8-9,11,19H,10,12-13H2,1-2H3. The van der Waals surface area contributed by atoms with Crippen molar-refractivity contribution < 1.29 is 9.52 Å². The summed E-state index contributed by atoms with van der Waals surface area (Å²) < 4.78 is 5.58. The van der Waals surface area contributed by atoms with Gasteiger partial charge in [-0.25, -0.2) is 0 Å². The third-order valence-corrected chi connectivity index (χ3v) is 2.91. The smallest absolute Gasteiger partial charge is 0.118 e. The van der Waals surface area contributed by atoms with Gasteiger partial charge >= 0.3 is 0 Å². The molecule has 3 nitrogen and oxygen atoms in total. The average Bonchev–Trinajstić information content (AvgIpc) is 2.82. The highest BCUT2D eigenvalue weighted by molar-refractivity contribution is 5.37. The molecular formula is C17H19NO2. The van der Waals surface area contributed by atoms with Gasteiger partial charge in [0.15, 0.2) is 0 Å². The van der Waals surface area contributed by atoms with Crippen LogP contribution in [-0.4, -0.2) is 23.7 Å². The van der Waals surface area contributed by atoms with E-state index in [4.69, 9.17) is 9.52 Å². The van der Waals surface area contributed by atoms with E-state index >= 15 is 0 Å². The van der Waals surface area contributed by atoms with Crippen LogP contribution in [0.2, 0.25) is 0 Å². The third-order valence-electron chi connectivity index (χ3n) is 2.91. The lowest BCUT2D eigenvalue weighted by molar-refractivity contribution is 0.285. The minimum Gasteiger partial charge on any atom is -0.465 e. The molecule has 0 saturated heterocycles. The van der Waals surface area contributed by atoms with E-state index in [1.165, 1.54) is 5.56 Å². The van der Waals surface area contributed by atoms with Crippen molar-refractivity contribution in [3.05, 3.63) is 59.0 Å². The SMILES string of the molecule is Cc1ccc(CN(C)Cc2cccc(C#CCO)c2)o1. The predicted octanol–water partition coefficient (Wildman–Crippen LogP) is 2.56. The van der Waals surface area contributed by atoms with Crippen LogP contribution in [0.1, 0.15) is 22.6 Å². The lowest BCUT2D eigenvalue weighted by atomic mass is 10.1. The first-order valence-electron chi connectivity index (χ1n) is 6.60. The summed E-state index contributed by atoms with van der Waals surface area (Å²) in [7, 11) is 2.06. The van der Waals surface area contributed by atoms with E-state index in [1.807, 2.05) is 37.3 Å². The maximum atomic E-state index is 8.72. The van der Waals surface area contributed by atoms with Crippen LogP contribution in [0.15, 0.2) is 40.8 Å². The van der Waals surface area contributed by atoms with Crippen molar-refractivity contribution in [3.8, 4) is 11.8 Å². The molecule has 2 aromatic rings. The number of hydrogen-bond acceptors (Lipinski definition) is 3. The van der Waals surface area contributed by atoms with Gasteiger partial charge in [-0.15, -0.1) is 0 Å². The topological polar surface area (TPSA) is 36.6 Å². The first-order valence-corrected chi connectivity index (χ1v) is 6.60. The summed E-state index contributed by atoms with van der Waals surface area (Å²) in [6.45, 7) is 3.45. The van der Waals surface area contributed by atoms with Gasteiger partial charge in [0.2, 0.25) is 0 Å². The van der Waals surface area contributed by atoms with Crippen LogP contribution in [0.3, 0.4) is 0 Å². The summed E-state index contributed by atoms with van der Waals surface area (Å²) in [6.07, 6.45) is 0. The van der Waals surface area contributed by atoms with Crippen LogP contribution < -0.4 is 0 Å². The fraction of sp³-hybridized carbons (Fsp3) is 0.294. The highest BCUT2D eigenvalue weighted by atomic mass is 16.3. The molecule has 0 fully saturated rings. The van der Waals surface area contributed by atoms with Gasteiger partial charge in [-0.1, -0.05) is 24.0 Å². The second-order valence-corrected chi connectivity index (χ2v) is 4.84. The molecule has 104 valence electrons. The van der Waals surface area contributed by atoms with Crippen LogP contribution in [0.25, 0.3) is 0 Å². The van der Waals surface area contributed by atoms with Gasteiger partial charge in [-0.05, 0) is 43.8 Å². The third kappa shape index (κ3) is 4.27. The fourth-order valence-electron chi connectivity index (χ4n) is 2.09. The molecule has 0 unspecified atom stereocenters. The molecule has 0 atom stereocenters. The van der Waals surface area contributed by atoms with Crippen LogP contribution in [0.4, 0.5) is 0 Å². The van der Waals surface area contributed by atoms with Crippen molar-refractivity contribution in [2.75, 3.05) is 13.7 Å². The molecule has 20 heavy (non-hydrogen) atoms. The highest BCUT2D eigenvalue weighted by Crippen LogP contribution is 2.12. The monoisotopic (exact) mass is 269 g/mol. The van der Waals surface area contributed by atoms with Gasteiger partial charge in [-0.2, -0.15) is 0 Å². The first kappa shape index (κ1) is 14.4. The van der Waals surface area contributed by atoms with Crippen LogP contribution in [-0.2, 0) is 13.1 Å². The van der Waals surface area contributed by atoms with E-state index in [0.29, 0.717) is 0 Å². The van der Waals surface area contributed by atoms with Gasteiger partial charge < -0.3 is 9.52 Å². The van der Waals surface area contributed by atoms with Crippen LogP contribution in [0.5, 0.6) is 0 Å². The molecule has 0 bridgehead atoms. The fourth-order valence-corrected chi connectivity index (χ4v) is 2.09. The Labute approximate surface area is 119 Å². The molecule has 1 heterocycles. The summed E-state index contributed by atoms with van der Waals surface area (Å²) in [5, 5.41) is 8.72. The summed E-state index contributed by atoms with van der Waals surface area (Å²) in [5.41, 5.74) is 2.12. The normalized spacial score (nSPS) is 10.4. The van der Waals surface area contributed by atoms with Crippen molar-refractivity contribution >= 4 is 0 Å². The van der Waals surface area contributed by atoms with E-state index in [9.17, 15) is 0 Å². The molecular weight excluding hydrogens is 250 g/mol. The number of nitrogens with zero attached hydrogens (tertiary/aromatic N) is 1. The first-order chi connectivity index (χ1) is 9.67. The molecule has 3 heteroatoms. The molecule has 1 N–H and O–H groups in total. The molecule has 2 rings (SSSR count). The molecule has 0 radical (unpaired) electrons. The lowest BCUT2D eigenvalue weighted by Gasteiger charge is -2.15. The Bertz CT molecular complexity index is 619. The number of rotatable bonds is 4. The zero-order valence-corrected chi connectivity index (χ0v) is 11.9. The Morgan fingerprint density at radius 2 is 2.05 bits per heavy atom. The average molecular weight is 269 g/mol. The minimum atomic E-state index is -0.109. The van der Waals surface area contributed by atoms with E-state index in [0.717, 1.165) is 30.2 Å². The second kappa shape index (κ2) is 6.95. The van der Waals surface area contributed by atoms with Crippen molar-refractivity contribution in [1.82, 2.24) is 4.90 Å². The Kier molecular flexibility index (Phi) is 5.00. The van der Waals surface area contributed by atoms with Crippen molar-refractivity contribution in [2.24, 2.45) is 0 Å². The molecule has 1 aromatic carbocycles. The predicted molar refractivity (Wildman–Crippen MR) is 79.0 cm³/mol. The van der Waals surface area contributed by atoms with Gasteiger partial charge in [0.1, 0.15) is 18.1 Å². The largest absolute Gasteiger partial charge is 0.465 e. The maximum Gasteiger partial charge on any atom is 0.118 e. The van der Waals surface area contributed by atoms with E-state index in [1.54, 1.807) is 0 Å². The molecule has 0 amide bonds. The van der Waals surface area contributed by atoms with E-state index in [2.05, 4.69) is 29.9 Å². The Morgan fingerprint density at radius 3 is 2.75 bits per heavy atom. The maximum absolute atomic E-state index is 8.72. The molecule has 0 aliphatic rings. The number of benzene rings is 1. The number of aliphatic hydroxyl groups is 1. The highest BCUT2D eigenvalue weighted by Gasteiger charge is 2.05. The molecule has 0 aliphatic carbocycles. The Balaban J connectivity index is 1.98. The van der Waals surface area contributed by atoms with Gasteiger partial charge in [-0.3, -0.25) is 4.90 Å². The number of furan rings is 1. The summed E-state index contributed by atoms with van der Waals surface area (Å²) in [5.74, 6) is 7.50. The zero-order chi connectivity index (χ0) is 14.4. The van der Waals surface area contributed by atoms with Gasteiger partial charge in [0, 0.05) is 12.1 Å². The zero-order valence-electron chi connectivity index (χ0n) is 11.9. The summed E-state index contributed by atoms with van der Waals surface area (Å²) >= 11 is 0. The summed E-state index contributed by atoms with van der Waals surface area (Å²) in [4.78, 5) is 2.19. The number of aryl methyl sites for hydroxylation is 1. The molecule has 0 spiro atoms. The van der Waals surface area contributed by atoms with Gasteiger partial charge in [0.05, 0.1) is 6.54 Å². The van der Waals surface area contributed by atoms with Crippen LogP contribution in [0, 0.1) is 18.8 Å². The summed E-state index contributed by atoms with van der Waals surface area (Å²) in [6, 6.07) is 12.0. The molecule has 0 aliphatic heterocycles. The van der Waals surface area contributed by atoms with E-state index < -0.39 is 0 Å².